The summed E-state index contributed by atoms with van der Waals surface area (Å²) < 4.78 is 29.1. The molecule has 7 nitrogen and oxygen atoms in total. The summed E-state index contributed by atoms with van der Waals surface area (Å²) in [4.78, 5) is 11.1. The number of aromatic nitrogens is 2. The van der Waals surface area contributed by atoms with Gasteiger partial charge in [0.2, 0.25) is 0 Å². The average molecular weight is 363 g/mol. The molecule has 1 aliphatic heterocycles. The summed E-state index contributed by atoms with van der Waals surface area (Å²) in [5.41, 5.74) is 0.877. The van der Waals surface area contributed by atoms with Gasteiger partial charge in [-0.15, -0.1) is 0 Å². The van der Waals surface area contributed by atoms with Crippen LogP contribution in [0.25, 0.3) is 10.9 Å². The van der Waals surface area contributed by atoms with E-state index in [1.165, 1.54) is 0 Å². The molecule has 0 radical (unpaired) electrons. The first-order valence-electron chi connectivity index (χ1n) is 8.45. The van der Waals surface area contributed by atoms with E-state index >= 15 is 0 Å². The van der Waals surface area contributed by atoms with E-state index in [9.17, 15) is 8.76 Å². The monoisotopic (exact) mass is 363 g/mol. The van der Waals surface area contributed by atoms with Crippen LogP contribution in [0.2, 0.25) is 0 Å². The first-order valence-corrected chi connectivity index (χ1v) is 9.52. The van der Waals surface area contributed by atoms with Gasteiger partial charge in [-0.05, 0) is 36.8 Å². The summed E-state index contributed by atoms with van der Waals surface area (Å²) in [7, 11) is 1.65. The molecule has 1 aromatic carbocycles. The molecule has 136 valence electrons. The summed E-state index contributed by atoms with van der Waals surface area (Å²) in [6.45, 7) is 4.42. The molecule has 0 saturated carbocycles. The Morgan fingerprint density at radius 1 is 1.40 bits per heavy atom. The van der Waals surface area contributed by atoms with E-state index < -0.39 is 11.3 Å². The van der Waals surface area contributed by atoms with Gasteiger partial charge in [0.15, 0.2) is 0 Å². The van der Waals surface area contributed by atoms with Crippen molar-refractivity contribution in [3.05, 3.63) is 24.5 Å². The van der Waals surface area contributed by atoms with Crippen LogP contribution in [0.4, 0.5) is 5.82 Å². The Kier molecular flexibility index (Phi) is 5.82. The zero-order valence-electron chi connectivity index (χ0n) is 14.5. The number of benzene rings is 1. The van der Waals surface area contributed by atoms with Gasteiger partial charge in [-0.25, -0.2) is 14.7 Å². The van der Waals surface area contributed by atoms with E-state index in [1.807, 2.05) is 18.2 Å². The zero-order chi connectivity index (χ0) is 17.8. The Morgan fingerprint density at radius 2 is 2.16 bits per heavy atom. The van der Waals surface area contributed by atoms with E-state index in [0.717, 1.165) is 48.4 Å². The second-order valence-electron chi connectivity index (χ2n) is 6.47. The molecule has 1 aromatic heterocycles. The van der Waals surface area contributed by atoms with E-state index in [-0.39, 0.29) is 0 Å². The number of fused-ring (bicyclic) bond motifs is 1. The summed E-state index contributed by atoms with van der Waals surface area (Å²) in [5, 5.41) is 1.03. The second-order valence-corrected chi connectivity index (χ2v) is 7.22. The van der Waals surface area contributed by atoms with Gasteiger partial charge in [0.05, 0.1) is 12.6 Å². The van der Waals surface area contributed by atoms with E-state index in [4.69, 9.17) is 4.74 Å². The number of hydrogen-bond donors (Lipinski definition) is 1. The number of nitrogens with one attached hydrogen (secondary N) is 1. The lowest BCUT2D eigenvalue weighted by atomic mass is 9.85. The molecule has 0 amide bonds. The largest absolute Gasteiger partial charge is 0.760 e. The highest BCUT2D eigenvalue weighted by Crippen LogP contribution is 2.31. The highest BCUT2D eigenvalue weighted by atomic mass is 32.2. The SMILES string of the molecule is COc1ccc2c(N3CCC(C(C)CNS(=O)[O-])CC3)ncnc2c1. The van der Waals surface area contributed by atoms with Gasteiger partial charge < -0.3 is 14.2 Å². The van der Waals surface area contributed by atoms with E-state index in [1.54, 1.807) is 13.4 Å². The first kappa shape index (κ1) is 18.0. The predicted octanol–water partition coefficient (Wildman–Crippen LogP) is 1.87. The topological polar surface area (TPSA) is 90.4 Å². The zero-order valence-corrected chi connectivity index (χ0v) is 15.3. The lowest BCUT2D eigenvalue weighted by Gasteiger charge is -2.36. The van der Waals surface area contributed by atoms with Crippen LogP contribution in [-0.2, 0) is 11.3 Å². The van der Waals surface area contributed by atoms with Gasteiger partial charge in [-0.1, -0.05) is 6.92 Å². The van der Waals surface area contributed by atoms with Crippen molar-refractivity contribution in [2.45, 2.75) is 19.8 Å². The Bertz CT molecular complexity index is 750. The second kappa shape index (κ2) is 8.07. The molecule has 1 saturated heterocycles. The van der Waals surface area contributed by atoms with Crippen LogP contribution in [0.15, 0.2) is 24.5 Å². The predicted molar refractivity (Wildman–Crippen MR) is 97.1 cm³/mol. The number of rotatable bonds is 6. The van der Waals surface area contributed by atoms with Gasteiger partial charge in [-0.2, -0.15) is 0 Å². The van der Waals surface area contributed by atoms with Crippen molar-refractivity contribution in [3.63, 3.8) is 0 Å². The van der Waals surface area contributed by atoms with Crippen LogP contribution < -0.4 is 14.4 Å². The summed E-state index contributed by atoms with van der Waals surface area (Å²) in [6.07, 6.45) is 3.64. The number of anilines is 1. The van der Waals surface area contributed by atoms with Gasteiger partial charge in [0.25, 0.3) is 0 Å². The maximum atomic E-state index is 10.7. The van der Waals surface area contributed by atoms with E-state index in [0.29, 0.717) is 18.4 Å². The highest BCUT2D eigenvalue weighted by molar-refractivity contribution is 7.77. The normalized spacial score (nSPS) is 18.3. The molecular weight excluding hydrogens is 340 g/mol. The van der Waals surface area contributed by atoms with Crippen LogP contribution >= 0.6 is 0 Å². The first-order chi connectivity index (χ1) is 12.1. The Morgan fingerprint density at radius 3 is 2.84 bits per heavy atom. The van der Waals surface area contributed by atoms with Crippen LogP contribution in [0, 0.1) is 11.8 Å². The fourth-order valence-electron chi connectivity index (χ4n) is 3.45. The lowest BCUT2D eigenvalue weighted by molar-refractivity contribution is 0.292. The van der Waals surface area contributed by atoms with Crippen molar-refractivity contribution in [1.29, 1.82) is 0 Å². The number of methoxy groups -OCH3 is 1. The van der Waals surface area contributed by atoms with Crippen molar-refractivity contribution in [2.75, 3.05) is 31.6 Å². The molecule has 2 heterocycles. The van der Waals surface area contributed by atoms with Crippen molar-refractivity contribution >= 4 is 28.0 Å². The molecule has 2 atom stereocenters. The van der Waals surface area contributed by atoms with Crippen LogP contribution in [0.1, 0.15) is 19.8 Å². The van der Waals surface area contributed by atoms with Gasteiger partial charge >= 0.3 is 0 Å². The van der Waals surface area contributed by atoms with E-state index in [2.05, 4.69) is 26.5 Å². The fourth-order valence-corrected chi connectivity index (χ4v) is 3.85. The third-order valence-electron chi connectivity index (χ3n) is 4.99. The third kappa shape index (κ3) is 4.26. The van der Waals surface area contributed by atoms with Crippen molar-refractivity contribution in [3.8, 4) is 5.75 Å². The minimum absolute atomic E-state index is 0.325. The molecule has 3 rings (SSSR count). The van der Waals surface area contributed by atoms with Crippen molar-refractivity contribution < 1.29 is 13.5 Å². The number of piperidine rings is 1. The molecule has 2 aromatic rings. The Hall–Kier alpha value is -1.77. The van der Waals surface area contributed by atoms with Crippen LogP contribution in [-0.4, -0.2) is 45.5 Å². The van der Waals surface area contributed by atoms with Gasteiger partial charge in [-0.3, -0.25) is 4.21 Å². The number of hydrogen-bond acceptors (Lipinski definition) is 6. The molecule has 8 heteroatoms. The minimum atomic E-state index is -2.18. The summed E-state index contributed by atoms with van der Waals surface area (Å²) in [6, 6.07) is 5.86. The Balaban J connectivity index is 1.69. The molecule has 0 bridgehead atoms. The van der Waals surface area contributed by atoms with Crippen LogP contribution in [0.3, 0.4) is 0 Å². The highest BCUT2D eigenvalue weighted by Gasteiger charge is 2.25. The molecule has 2 unspecified atom stereocenters. The standard InChI is InChI=1S/C17H24N4O3S/c1-12(10-20-25(22)23)13-5-7-21(8-6-13)17-15-4-3-14(24-2)9-16(15)18-11-19-17/h3-4,9,11-13,20H,5-8,10H2,1-2H3,(H,22,23)/p-1. The molecule has 0 aliphatic carbocycles. The summed E-state index contributed by atoms with van der Waals surface area (Å²) in [5.74, 6) is 2.58. The molecule has 1 fully saturated rings. The quantitative estimate of drug-likeness (QED) is 0.788. The van der Waals surface area contributed by atoms with Crippen LogP contribution in [0.5, 0.6) is 5.75 Å². The maximum absolute atomic E-state index is 10.7. The minimum Gasteiger partial charge on any atom is -0.760 e. The maximum Gasteiger partial charge on any atom is 0.139 e. The third-order valence-corrected chi connectivity index (χ3v) is 5.39. The van der Waals surface area contributed by atoms with Crippen molar-refractivity contribution in [1.82, 2.24) is 14.7 Å². The van der Waals surface area contributed by atoms with Gasteiger partial charge in [0, 0.05) is 42.4 Å². The number of ether oxygens (including phenoxy) is 1. The lowest BCUT2D eigenvalue weighted by Crippen LogP contribution is -2.38. The summed E-state index contributed by atoms with van der Waals surface area (Å²) >= 11 is -2.18. The van der Waals surface area contributed by atoms with Gasteiger partial charge in [0.1, 0.15) is 17.9 Å². The molecule has 1 N–H and O–H groups in total. The smallest absolute Gasteiger partial charge is 0.139 e. The number of nitrogens with zero attached hydrogens (tertiary/aromatic N) is 3. The fraction of sp³-hybridized carbons (Fsp3) is 0.529. The molecule has 25 heavy (non-hydrogen) atoms. The average Bonchev–Trinajstić information content (AvgIpc) is 2.65. The van der Waals surface area contributed by atoms with Crippen molar-refractivity contribution in [2.24, 2.45) is 11.8 Å². The Labute approximate surface area is 150 Å². The molecule has 1 aliphatic rings. The molecular formula is C17H23N4O3S-. The molecule has 0 spiro atoms.